The van der Waals surface area contributed by atoms with Crippen LogP contribution in [0.5, 0.6) is 5.88 Å². The minimum atomic E-state index is -0.759. The Morgan fingerprint density at radius 1 is 1.30 bits per heavy atom. The van der Waals surface area contributed by atoms with Crippen LogP contribution in [0, 0.1) is 0 Å². The Kier molecular flexibility index (Phi) is 5.02. The number of rotatable bonds is 5. The number of aromatic amines is 1. The quantitative estimate of drug-likeness (QED) is 0.589. The van der Waals surface area contributed by atoms with Gasteiger partial charge >= 0.3 is 5.69 Å². The zero-order valence-electron chi connectivity index (χ0n) is 14.3. The Morgan fingerprint density at radius 2 is 2.04 bits per heavy atom. The van der Waals surface area contributed by atoms with Crippen molar-refractivity contribution in [2.75, 3.05) is 5.32 Å². The van der Waals surface area contributed by atoms with Crippen molar-refractivity contribution in [1.82, 2.24) is 9.55 Å². The molecule has 0 saturated carbocycles. The number of carbonyl (C=O) groups is 1. The van der Waals surface area contributed by atoms with Crippen LogP contribution in [0.3, 0.4) is 0 Å². The predicted octanol–water partition coefficient (Wildman–Crippen LogP) is 1.59. The van der Waals surface area contributed by atoms with Gasteiger partial charge in [-0.15, -0.1) is 0 Å². The third-order valence-corrected chi connectivity index (χ3v) is 3.63. The fourth-order valence-electron chi connectivity index (χ4n) is 2.37. The number of benzene rings is 1. The normalized spacial score (nSPS) is 11.0. The number of hydrogen-bond donors (Lipinski definition) is 3. The Hall–Kier alpha value is -3.88. The average Bonchev–Trinajstić information content (AvgIpc) is 3.12. The lowest BCUT2D eigenvalue weighted by Crippen LogP contribution is -2.32. The maximum absolute atomic E-state index is 12.0. The molecule has 1 aromatic carbocycles. The summed E-state index contributed by atoms with van der Waals surface area (Å²) in [6.07, 6.45) is 2.61. The number of carbonyl (C=O) groups excluding carboxylic acids is 1. The SMILES string of the molecule is CC(=O)Nc1ccc(N=Cc2c(O)n(Cc3ccco3)c(=O)[nH]c2=O)cc1. The summed E-state index contributed by atoms with van der Waals surface area (Å²) in [6, 6.07) is 9.85. The molecule has 1 amide bonds. The molecular weight excluding hydrogens is 352 g/mol. The molecule has 0 radical (unpaired) electrons. The van der Waals surface area contributed by atoms with Gasteiger partial charge < -0.3 is 14.8 Å². The second-order valence-electron chi connectivity index (χ2n) is 5.65. The zero-order chi connectivity index (χ0) is 19.4. The molecule has 0 fully saturated rings. The van der Waals surface area contributed by atoms with Crippen molar-refractivity contribution in [3.8, 4) is 5.88 Å². The Balaban J connectivity index is 1.90. The van der Waals surface area contributed by atoms with Gasteiger partial charge in [0.05, 0.1) is 18.5 Å². The molecule has 9 heteroatoms. The third kappa shape index (κ3) is 4.21. The van der Waals surface area contributed by atoms with Crippen molar-refractivity contribution in [3.63, 3.8) is 0 Å². The second kappa shape index (κ2) is 7.56. The fourth-order valence-corrected chi connectivity index (χ4v) is 2.37. The lowest BCUT2D eigenvalue weighted by Gasteiger charge is -2.07. The molecule has 0 bridgehead atoms. The second-order valence-corrected chi connectivity index (χ2v) is 5.65. The number of anilines is 1. The van der Waals surface area contributed by atoms with Gasteiger partial charge in [-0.05, 0) is 36.4 Å². The summed E-state index contributed by atoms with van der Waals surface area (Å²) >= 11 is 0. The van der Waals surface area contributed by atoms with Crippen molar-refractivity contribution < 1.29 is 14.3 Å². The first-order valence-electron chi connectivity index (χ1n) is 7.94. The number of aromatic hydroxyl groups is 1. The van der Waals surface area contributed by atoms with Crippen LogP contribution in [0.4, 0.5) is 11.4 Å². The molecule has 9 nitrogen and oxygen atoms in total. The molecule has 0 unspecified atom stereocenters. The highest BCUT2D eigenvalue weighted by Crippen LogP contribution is 2.17. The number of nitrogens with one attached hydrogen (secondary N) is 2. The summed E-state index contributed by atoms with van der Waals surface area (Å²) in [5.41, 5.74) is -0.578. The van der Waals surface area contributed by atoms with Crippen LogP contribution < -0.4 is 16.6 Å². The Morgan fingerprint density at radius 3 is 2.67 bits per heavy atom. The van der Waals surface area contributed by atoms with Crippen molar-refractivity contribution >= 4 is 23.5 Å². The highest BCUT2D eigenvalue weighted by Gasteiger charge is 2.13. The molecule has 27 heavy (non-hydrogen) atoms. The molecule has 0 spiro atoms. The number of H-pyrrole nitrogens is 1. The van der Waals surface area contributed by atoms with Gasteiger partial charge in [0.25, 0.3) is 5.56 Å². The highest BCUT2D eigenvalue weighted by molar-refractivity contribution is 5.89. The summed E-state index contributed by atoms with van der Waals surface area (Å²) in [5, 5.41) is 13.0. The van der Waals surface area contributed by atoms with Crippen LogP contribution >= 0.6 is 0 Å². The first-order chi connectivity index (χ1) is 12.9. The fraction of sp³-hybridized carbons (Fsp3) is 0.111. The first-order valence-corrected chi connectivity index (χ1v) is 7.94. The minimum Gasteiger partial charge on any atom is -0.494 e. The third-order valence-electron chi connectivity index (χ3n) is 3.63. The summed E-state index contributed by atoms with van der Waals surface area (Å²) < 4.78 is 6.13. The van der Waals surface area contributed by atoms with E-state index in [4.69, 9.17) is 4.42 Å². The van der Waals surface area contributed by atoms with E-state index in [-0.39, 0.29) is 18.0 Å². The molecule has 0 aliphatic rings. The van der Waals surface area contributed by atoms with Crippen molar-refractivity contribution in [3.05, 3.63) is 74.8 Å². The number of hydrogen-bond acceptors (Lipinski definition) is 6. The number of nitrogens with zero attached hydrogens (tertiary/aromatic N) is 2. The van der Waals surface area contributed by atoms with Gasteiger partial charge in [-0.3, -0.25) is 24.1 Å². The number of aliphatic imine (C=N–C) groups is 1. The zero-order valence-corrected chi connectivity index (χ0v) is 14.3. The van der Waals surface area contributed by atoms with Gasteiger partial charge in [-0.1, -0.05) is 0 Å². The topological polar surface area (TPSA) is 130 Å². The lowest BCUT2D eigenvalue weighted by atomic mass is 10.2. The van der Waals surface area contributed by atoms with Gasteiger partial charge in [0.2, 0.25) is 11.8 Å². The maximum Gasteiger partial charge on any atom is 0.331 e. The van der Waals surface area contributed by atoms with Crippen LogP contribution in [0.25, 0.3) is 0 Å². The summed E-state index contributed by atoms with van der Waals surface area (Å²) in [6.45, 7) is 1.36. The molecular formula is C18H16N4O5. The van der Waals surface area contributed by atoms with Gasteiger partial charge in [-0.25, -0.2) is 4.79 Å². The highest BCUT2D eigenvalue weighted by atomic mass is 16.3. The molecule has 138 valence electrons. The molecule has 3 N–H and O–H groups in total. The van der Waals surface area contributed by atoms with E-state index in [1.807, 2.05) is 0 Å². The van der Waals surface area contributed by atoms with Gasteiger partial charge in [0.1, 0.15) is 11.3 Å². The standard InChI is InChI=1S/C18H16N4O5/c1-11(23)20-13-6-4-12(5-7-13)19-9-15-16(24)21-18(26)22(17(15)25)10-14-3-2-8-27-14/h2-9,25H,10H2,1H3,(H,20,23)(H,21,24,26). The van der Waals surface area contributed by atoms with Gasteiger partial charge in [-0.2, -0.15) is 0 Å². The number of aromatic nitrogens is 2. The van der Waals surface area contributed by atoms with Crippen LogP contribution in [-0.4, -0.2) is 26.8 Å². The molecule has 3 rings (SSSR count). The Bertz CT molecular complexity index is 1090. The van der Waals surface area contributed by atoms with E-state index in [0.29, 0.717) is 17.1 Å². The maximum atomic E-state index is 12.0. The van der Waals surface area contributed by atoms with Gasteiger partial charge in [0, 0.05) is 18.8 Å². The van der Waals surface area contributed by atoms with Crippen LogP contribution in [-0.2, 0) is 11.3 Å². The molecule has 0 atom stereocenters. The summed E-state index contributed by atoms with van der Waals surface area (Å²) in [7, 11) is 0. The van der Waals surface area contributed by atoms with Gasteiger partial charge in [0.15, 0.2) is 0 Å². The number of amides is 1. The van der Waals surface area contributed by atoms with Crippen LogP contribution in [0.1, 0.15) is 18.2 Å². The van der Waals surface area contributed by atoms with E-state index in [1.165, 1.54) is 19.4 Å². The molecule has 2 heterocycles. The molecule has 3 aromatic rings. The smallest absolute Gasteiger partial charge is 0.331 e. The van der Waals surface area contributed by atoms with Crippen LogP contribution in [0.15, 0.2) is 61.7 Å². The first kappa shape index (κ1) is 17.9. The lowest BCUT2D eigenvalue weighted by molar-refractivity contribution is -0.114. The van der Waals surface area contributed by atoms with Crippen LogP contribution in [0.2, 0.25) is 0 Å². The van der Waals surface area contributed by atoms with E-state index in [1.54, 1.807) is 36.4 Å². The summed E-state index contributed by atoms with van der Waals surface area (Å²) in [5.74, 6) is -0.267. The Labute approximate surface area is 152 Å². The molecule has 2 aromatic heterocycles. The minimum absolute atomic E-state index is 0.0410. The number of furan rings is 1. The molecule has 0 aliphatic heterocycles. The van der Waals surface area contributed by atoms with Crippen molar-refractivity contribution in [2.45, 2.75) is 13.5 Å². The summed E-state index contributed by atoms with van der Waals surface area (Å²) in [4.78, 5) is 41.3. The van der Waals surface area contributed by atoms with E-state index < -0.39 is 17.1 Å². The average molecular weight is 368 g/mol. The van der Waals surface area contributed by atoms with E-state index in [2.05, 4.69) is 15.3 Å². The predicted molar refractivity (Wildman–Crippen MR) is 98.8 cm³/mol. The van der Waals surface area contributed by atoms with Crippen molar-refractivity contribution in [2.24, 2.45) is 4.99 Å². The largest absolute Gasteiger partial charge is 0.494 e. The van der Waals surface area contributed by atoms with E-state index in [0.717, 1.165) is 4.57 Å². The van der Waals surface area contributed by atoms with E-state index >= 15 is 0 Å². The monoisotopic (exact) mass is 368 g/mol. The van der Waals surface area contributed by atoms with E-state index in [9.17, 15) is 19.5 Å². The molecule has 0 aliphatic carbocycles. The van der Waals surface area contributed by atoms with Crippen molar-refractivity contribution in [1.29, 1.82) is 0 Å². The molecule has 0 saturated heterocycles.